The van der Waals surface area contributed by atoms with Gasteiger partial charge in [-0.2, -0.15) is 4.31 Å². The maximum Gasteiger partial charge on any atom is 0.407 e. The van der Waals surface area contributed by atoms with Crippen LogP contribution in [0.2, 0.25) is 0 Å². The van der Waals surface area contributed by atoms with Gasteiger partial charge in [0.2, 0.25) is 15.9 Å². The van der Waals surface area contributed by atoms with Crippen LogP contribution in [-0.4, -0.2) is 67.7 Å². The Morgan fingerprint density at radius 1 is 0.964 bits per heavy atom. The van der Waals surface area contributed by atoms with E-state index in [2.05, 4.69) is 40.2 Å². The summed E-state index contributed by atoms with van der Waals surface area (Å²) >= 11 is 0. The highest BCUT2D eigenvalue weighted by molar-refractivity contribution is 7.92. The maximum atomic E-state index is 13.5. The van der Waals surface area contributed by atoms with E-state index in [4.69, 9.17) is 9.73 Å². The molecule has 1 saturated heterocycles. The normalized spacial score (nSPS) is 19.2. The van der Waals surface area contributed by atoms with Gasteiger partial charge in [0, 0.05) is 36.0 Å². The number of benzene rings is 3. The zero-order valence-electron chi connectivity index (χ0n) is 32.1. The molecule has 12 heteroatoms. The lowest BCUT2D eigenvalue weighted by atomic mass is 9.88. The van der Waals surface area contributed by atoms with Crippen LogP contribution in [0.1, 0.15) is 92.5 Å². The molecule has 4 aliphatic rings. The fourth-order valence-electron chi connectivity index (χ4n) is 8.63. The number of carbonyl (C=O) groups excluding carboxylic acids is 3. The van der Waals surface area contributed by atoms with E-state index in [9.17, 15) is 22.8 Å². The molecule has 1 spiro atoms. The second-order valence-electron chi connectivity index (χ2n) is 15.8. The second-order valence-corrected chi connectivity index (χ2v) is 17.6. The minimum absolute atomic E-state index is 0.0981. The highest BCUT2D eigenvalue weighted by atomic mass is 32.2. The third kappa shape index (κ3) is 7.98. The van der Waals surface area contributed by atoms with E-state index in [0.717, 1.165) is 70.5 Å². The second kappa shape index (κ2) is 15.7. The summed E-state index contributed by atoms with van der Waals surface area (Å²) in [6.45, 7) is 7.99. The van der Waals surface area contributed by atoms with Crippen molar-refractivity contribution >= 4 is 45.5 Å². The van der Waals surface area contributed by atoms with E-state index in [-0.39, 0.29) is 49.3 Å². The highest BCUT2D eigenvalue weighted by Crippen LogP contribution is 2.44. The van der Waals surface area contributed by atoms with Crippen LogP contribution in [0.5, 0.6) is 0 Å². The number of fused-ring (bicyclic) bond motifs is 3. The van der Waals surface area contributed by atoms with Crippen LogP contribution < -0.4 is 16.0 Å². The summed E-state index contributed by atoms with van der Waals surface area (Å²) in [4.78, 5) is 44.5. The molecule has 0 bridgehead atoms. The number of ether oxygens (including phenoxy) is 1. The third-order valence-corrected chi connectivity index (χ3v) is 13.3. The summed E-state index contributed by atoms with van der Waals surface area (Å²) in [6, 6.07) is 18.9. The lowest BCUT2D eigenvalue weighted by molar-refractivity contribution is -0.125. The molecule has 2 heterocycles. The average Bonchev–Trinajstić information content (AvgIpc) is 3.66. The van der Waals surface area contributed by atoms with Gasteiger partial charge in [0.15, 0.2) is 0 Å². The Bertz CT molecular complexity index is 2080. The number of hydrogen-bond donors (Lipinski definition) is 3. The van der Waals surface area contributed by atoms with Crippen molar-refractivity contribution in [2.75, 3.05) is 25.0 Å². The molecule has 2 aliphatic carbocycles. The number of nitrogens with one attached hydrogen (secondary N) is 3. The van der Waals surface area contributed by atoms with E-state index in [1.165, 1.54) is 16.1 Å². The standard InChI is InChI=1S/C43H51N5O6S/c1-27(2)38(45-42(51)54-26-37-35-16-10-8-14-33(35)34-15-9-11-17-36(34)37)40(49)44-31-24-28(3)32(29(4)25-31)18-23-55(52,53)48-21-19-43(20-22-48)41(50)46-39(47-43)30-12-6-5-7-13-30/h8-11,14-18,23-25,27,30,37-38H,5-7,12-13,19-22,26H2,1-4H3,(H,44,49)(H,45,51)(H,46,47,50)/b23-18+/t38-/m0/s1. The molecule has 2 aliphatic heterocycles. The lowest BCUT2D eigenvalue weighted by Crippen LogP contribution is -2.50. The molecule has 3 aromatic rings. The summed E-state index contributed by atoms with van der Waals surface area (Å²) in [7, 11) is -3.76. The molecule has 1 saturated carbocycles. The van der Waals surface area contributed by atoms with Crippen LogP contribution in [0.3, 0.4) is 0 Å². The SMILES string of the molecule is Cc1cc(NC(=O)[C@@H](NC(=O)OCC2c3ccccc3-c3ccccc32)C(C)C)cc(C)c1/C=C/S(=O)(=O)N1CCC2(CC1)N=C(C1CCCCC1)NC2=O. The molecule has 3 aromatic carbocycles. The average molecular weight is 766 g/mol. The first-order valence-corrected chi connectivity index (χ1v) is 21.0. The molecule has 3 N–H and O–H groups in total. The number of amidine groups is 1. The molecule has 7 rings (SSSR count). The van der Waals surface area contributed by atoms with Gasteiger partial charge in [0.25, 0.3) is 5.91 Å². The maximum absolute atomic E-state index is 13.5. The Hall–Kier alpha value is -4.81. The first kappa shape index (κ1) is 38.5. The number of amides is 3. The van der Waals surface area contributed by atoms with Crippen molar-refractivity contribution in [2.24, 2.45) is 16.8 Å². The summed E-state index contributed by atoms with van der Waals surface area (Å²) in [5.74, 6) is 0.259. The van der Waals surface area contributed by atoms with Gasteiger partial charge in [-0.05, 0) is 103 Å². The van der Waals surface area contributed by atoms with Gasteiger partial charge in [-0.25, -0.2) is 13.2 Å². The summed E-state index contributed by atoms with van der Waals surface area (Å²) < 4.78 is 34.0. The van der Waals surface area contributed by atoms with Gasteiger partial charge in [0.1, 0.15) is 24.0 Å². The summed E-state index contributed by atoms with van der Waals surface area (Å²) in [5, 5.41) is 9.95. The smallest absolute Gasteiger partial charge is 0.407 e. The predicted molar refractivity (Wildman–Crippen MR) is 215 cm³/mol. The first-order chi connectivity index (χ1) is 26.3. The van der Waals surface area contributed by atoms with Crippen molar-refractivity contribution in [1.82, 2.24) is 14.9 Å². The first-order valence-electron chi connectivity index (χ1n) is 19.5. The molecule has 0 radical (unpaired) electrons. The fourth-order valence-corrected chi connectivity index (χ4v) is 9.80. The molecule has 1 atom stereocenters. The molecule has 0 aromatic heterocycles. The number of alkyl carbamates (subject to hydrolysis) is 1. The Balaban J connectivity index is 0.950. The summed E-state index contributed by atoms with van der Waals surface area (Å²) in [5.41, 5.74) is 6.41. The van der Waals surface area contributed by atoms with Gasteiger partial charge in [-0.3, -0.25) is 14.6 Å². The zero-order valence-corrected chi connectivity index (χ0v) is 32.9. The van der Waals surface area contributed by atoms with Crippen molar-refractivity contribution < 1.29 is 27.5 Å². The van der Waals surface area contributed by atoms with Crippen molar-refractivity contribution in [3.8, 4) is 11.1 Å². The van der Waals surface area contributed by atoms with E-state index in [0.29, 0.717) is 18.5 Å². The van der Waals surface area contributed by atoms with E-state index in [1.54, 1.807) is 18.2 Å². The lowest BCUT2D eigenvalue weighted by Gasteiger charge is -2.34. The molecular weight excluding hydrogens is 715 g/mol. The van der Waals surface area contributed by atoms with E-state index >= 15 is 0 Å². The van der Waals surface area contributed by atoms with Crippen LogP contribution in [-0.2, 0) is 24.3 Å². The van der Waals surface area contributed by atoms with Crippen LogP contribution in [0.4, 0.5) is 10.5 Å². The van der Waals surface area contributed by atoms with Crippen molar-refractivity contribution in [1.29, 1.82) is 0 Å². The number of aryl methyl sites for hydroxylation is 2. The number of aliphatic imine (C=N–C) groups is 1. The molecule has 290 valence electrons. The van der Waals surface area contributed by atoms with Crippen molar-refractivity contribution in [2.45, 2.75) is 90.1 Å². The predicted octanol–water partition coefficient (Wildman–Crippen LogP) is 7.05. The monoisotopic (exact) mass is 765 g/mol. The molecule has 11 nitrogen and oxygen atoms in total. The van der Waals surface area contributed by atoms with Crippen LogP contribution in [0, 0.1) is 25.7 Å². The van der Waals surface area contributed by atoms with Gasteiger partial charge >= 0.3 is 6.09 Å². The molecule has 3 amide bonds. The van der Waals surface area contributed by atoms with Gasteiger partial charge in [-0.1, -0.05) is 81.6 Å². The number of nitrogens with zero attached hydrogens (tertiary/aromatic N) is 2. The molecule has 0 unspecified atom stereocenters. The quantitative estimate of drug-likeness (QED) is 0.202. The fraction of sp³-hybridized carbons (Fsp3) is 0.442. The number of sulfonamides is 1. The number of carbonyl (C=O) groups is 3. The minimum Gasteiger partial charge on any atom is -0.449 e. The zero-order chi connectivity index (χ0) is 38.9. The van der Waals surface area contributed by atoms with Gasteiger partial charge in [0.05, 0.1) is 0 Å². The highest BCUT2D eigenvalue weighted by Gasteiger charge is 2.48. The topological polar surface area (TPSA) is 146 Å². The van der Waals surface area contributed by atoms with Crippen LogP contribution in [0.15, 0.2) is 71.1 Å². The van der Waals surface area contributed by atoms with Crippen molar-refractivity contribution in [3.63, 3.8) is 0 Å². The third-order valence-electron chi connectivity index (χ3n) is 11.7. The molecule has 55 heavy (non-hydrogen) atoms. The Morgan fingerprint density at radius 3 is 2.16 bits per heavy atom. The number of piperidine rings is 1. The van der Waals surface area contributed by atoms with Gasteiger partial charge < -0.3 is 20.7 Å². The molecular formula is C43H51N5O6S. The van der Waals surface area contributed by atoms with Crippen LogP contribution in [0.25, 0.3) is 17.2 Å². The number of anilines is 1. The van der Waals surface area contributed by atoms with E-state index < -0.39 is 27.7 Å². The Kier molecular flexibility index (Phi) is 11.0. The van der Waals surface area contributed by atoms with Crippen molar-refractivity contribution in [3.05, 3.63) is 93.9 Å². The number of rotatable bonds is 10. The van der Waals surface area contributed by atoms with Gasteiger partial charge in [-0.15, -0.1) is 0 Å². The minimum atomic E-state index is -3.76. The summed E-state index contributed by atoms with van der Waals surface area (Å²) in [6.07, 6.45) is 7.19. The Morgan fingerprint density at radius 2 is 1.56 bits per heavy atom. The Labute approximate surface area is 324 Å². The van der Waals surface area contributed by atoms with E-state index in [1.807, 2.05) is 52.0 Å². The molecule has 2 fully saturated rings. The number of hydrogen-bond acceptors (Lipinski definition) is 7. The van der Waals surface area contributed by atoms with Crippen LogP contribution >= 0.6 is 0 Å². The largest absolute Gasteiger partial charge is 0.449 e.